The second kappa shape index (κ2) is 7.55. The fourth-order valence-corrected chi connectivity index (χ4v) is 2.70. The monoisotopic (exact) mass is 324 g/mol. The molecule has 0 aliphatic heterocycles. The molecule has 0 spiro atoms. The topological polar surface area (TPSA) is 0 Å². The van der Waals surface area contributed by atoms with Crippen LogP contribution in [0.1, 0.15) is 74.9 Å². The maximum atomic E-state index is 2.31. The Balaban J connectivity index is 3.31. The lowest BCUT2D eigenvalue weighted by Gasteiger charge is -2.18. The highest BCUT2D eigenvalue weighted by atomic mass is 14.2. The van der Waals surface area contributed by atoms with E-state index in [0.29, 0.717) is 0 Å². The van der Waals surface area contributed by atoms with Crippen LogP contribution in [0.2, 0.25) is 0 Å². The molecular formula is C24H36. The van der Waals surface area contributed by atoms with E-state index in [9.17, 15) is 0 Å². The Morgan fingerprint density at radius 1 is 0.500 bits per heavy atom. The standard InChI is InChI=1S/C24H36/c1-17-19(3)22(14-16-24(8,9)10)20(4)18(2)21(17)13-11-12-15-23(5,6)7/h11-16H,1-10H3/b13-11+,15-12+,16-14+. The number of benzene rings is 1. The van der Waals surface area contributed by atoms with Gasteiger partial charge in [-0.2, -0.15) is 0 Å². The van der Waals surface area contributed by atoms with Crippen molar-refractivity contribution in [2.45, 2.75) is 69.2 Å². The lowest BCUT2D eigenvalue weighted by Crippen LogP contribution is -2.02. The molecule has 0 aromatic heterocycles. The zero-order chi connectivity index (χ0) is 18.7. The zero-order valence-corrected chi connectivity index (χ0v) is 17.5. The van der Waals surface area contributed by atoms with Crippen LogP contribution in [-0.4, -0.2) is 0 Å². The lowest BCUT2D eigenvalue weighted by molar-refractivity contribution is 0.544. The van der Waals surface area contributed by atoms with Gasteiger partial charge in [0, 0.05) is 0 Å². The molecule has 0 saturated carbocycles. The van der Waals surface area contributed by atoms with E-state index in [4.69, 9.17) is 0 Å². The number of hydrogen-bond acceptors (Lipinski definition) is 0. The summed E-state index contributed by atoms with van der Waals surface area (Å²) >= 11 is 0. The summed E-state index contributed by atoms with van der Waals surface area (Å²) in [7, 11) is 0. The third-order valence-corrected chi connectivity index (χ3v) is 4.46. The smallest absolute Gasteiger partial charge is 0.0192 e. The molecule has 0 aliphatic rings. The summed E-state index contributed by atoms with van der Waals surface area (Å²) in [6.45, 7) is 22.4. The summed E-state index contributed by atoms with van der Waals surface area (Å²) in [5.74, 6) is 0. The lowest BCUT2D eigenvalue weighted by atomic mass is 9.87. The molecule has 1 aromatic carbocycles. The van der Waals surface area contributed by atoms with Gasteiger partial charge < -0.3 is 0 Å². The molecule has 0 fully saturated rings. The minimum Gasteiger partial charge on any atom is -0.0791 e. The van der Waals surface area contributed by atoms with Crippen molar-refractivity contribution in [3.63, 3.8) is 0 Å². The second-order valence-electron chi connectivity index (χ2n) is 9.11. The van der Waals surface area contributed by atoms with Crippen LogP contribution < -0.4 is 0 Å². The first-order valence-corrected chi connectivity index (χ1v) is 8.99. The SMILES string of the molecule is Cc1c(C)c(/C=C/C(C)(C)C)c(C)c(C)c1/C=C/C=C/C(C)(C)C. The van der Waals surface area contributed by atoms with Crippen molar-refractivity contribution in [1.82, 2.24) is 0 Å². The van der Waals surface area contributed by atoms with Crippen LogP contribution in [0.25, 0.3) is 12.2 Å². The van der Waals surface area contributed by atoms with Gasteiger partial charge in [-0.3, -0.25) is 0 Å². The van der Waals surface area contributed by atoms with Crippen molar-refractivity contribution < 1.29 is 0 Å². The summed E-state index contributed by atoms with van der Waals surface area (Å²) in [4.78, 5) is 0. The molecule has 0 nitrogen and oxygen atoms in total. The molecule has 1 rings (SSSR count). The number of rotatable bonds is 3. The summed E-state index contributed by atoms with van der Waals surface area (Å²) in [5, 5.41) is 0. The third kappa shape index (κ3) is 5.82. The Hall–Kier alpha value is -1.56. The van der Waals surface area contributed by atoms with Gasteiger partial charge in [0.1, 0.15) is 0 Å². The van der Waals surface area contributed by atoms with Crippen LogP contribution in [0.15, 0.2) is 24.3 Å². The average Bonchev–Trinajstić information content (AvgIpc) is 2.42. The van der Waals surface area contributed by atoms with Crippen LogP contribution in [-0.2, 0) is 0 Å². The molecule has 24 heavy (non-hydrogen) atoms. The van der Waals surface area contributed by atoms with Gasteiger partial charge in [0.15, 0.2) is 0 Å². The van der Waals surface area contributed by atoms with Crippen LogP contribution in [0.5, 0.6) is 0 Å². The van der Waals surface area contributed by atoms with Gasteiger partial charge in [-0.1, -0.05) is 78.0 Å². The van der Waals surface area contributed by atoms with Crippen molar-refractivity contribution in [3.05, 3.63) is 57.7 Å². The molecular weight excluding hydrogens is 288 g/mol. The Morgan fingerprint density at radius 2 is 0.875 bits per heavy atom. The molecule has 0 amide bonds. The molecule has 0 radical (unpaired) electrons. The first-order valence-electron chi connectivity index (χ1n) is 8.99. The average molecular weight is 325 g/mol. The van der Waals surface area contributed by atoms with Crippen LogP contribution >= 0.6 is 0 Å². The Kier molecular flexibility index (Phi) is 6.45. The van der Waals surface area contributed by atoms with Crippen LogP contribution in [0, 0.1) is 38.5 Å². The van der Waals surface area contributed by atoms with Gasteiger partial charge in [0.05, 0.1) is 0 Å². The highest BCUT2D eigenvalue weighted by Crippen LogP contribution is 2.30. The summed E-state index contributed by atoms with van der Waals surface area (Å²) < 4.78 is 0. The van der Waals surface area contributed by atoms with Gasteiger partial charge in [-0.25, -0.2) is 0 Å². The van der Waals surface area contributed by atoms with Crippen LogP contribution in [0.4, 0.5) is 0 Å². The molecule has 0 bridgehead atoms. The molecule has 0 heteroatoms. The quantitative estimate of drug-likeness (QED) is 0.502. The van der Waals surface area contributed by atoms with E-state index in [1.807, 2.05) is 0 Å². The Labute approximate surface area is 150 Å². The minimum atomic E-state index is 0.205. The van der Waals surface area contributed by atoms with E-state index in [1.54, 1.807) is 0 Å². The molecule has 0 heterocycles. The molecule has 0 unspecified atom stereocenters. The largest absolute Gasteiger partial charge is 0.0791 e. The molecule has 0 saturated heterocycles. The van der Waals surface area contributed by atoms with Gasteiger partial charge in [-0.05, 0) is 71.9 Å². The first-order chi connectivity index (χ1) is 10.8. The van der Waals surface area contributed by atoms with E-state index >= 15 is 0 Å². The highest BCUT2D eigenvalue weighted by Gasteiger charge is 2.12. The molecule has 132 valence electrons. The zero-order valence-electron chi connectivity index (χ0n) is 17.5. The van der Waals surface area contributed by atoms with E-state index in [0.717, 1.165) is 0 Å². The predicted molar refractivity (Wildman–Crippen MR) is 112 cm³/mol. The fraction of sp³-hybridized carbons (Fsp3) is 0.500. The molecule has 0 aliphatic carbocycles. The normalized spacial score (nSPS) is 13.8. The van der Waals surface area contributed by atoms with E-state index < -0.39 is 0 Å². The first kappa shape index (κ1) is 20.5. The van der Waals surface area contributed by atoms with Gasteiger partial charge in [0.2, 0.25) is 0 Å². The molecule has 0 N–H and O–H groups in total. The van der Waals surface area contributed by atoms with Crippen molar-refractivity contribution in [3.8, 4) is 0 Å². The van der Waals surface area contributed by atoms with E-state index in [-0.39, 0.29) is 10.8 Å². The highest BCUT2D eigenvalue weighted by molar-refractivity contribution is 5.70. The van der Waals surface area contributed by atoms with E-state index in [2.05, 4.69) is 106 Å². The Bertz CT molecular complexity index is 636. The summed E-state index contributed by atoms with van der Waals surface area (Å²) in [6.07, 6.45) is 13.4. The third-order valence-electron chi connectivity index (χ3n) is 4.46. The van der Waals surface area contributed by atoms with Crippen molar-refractivity contribution in [1.29, 1.82) is 0 Å². The van der Waals surface area contributed by atoms with Gasteiger partial charge in [-0.15, -0.1) is 0 Å². The molecule has 1 aromatic rings. The van der Waals surface area contributed by atoms with E-state index in [1.165, 1.54) is 33.4 Å². The Morgan fingerprint density at radius 3 is 1.25 bits per heavy atom. The molecule has 0 atom stereocenters. The number of allylic oxidation sites excluding steroid dienone is 4. The predicted octanol–water partition coefficient (Wildman–Crippen LogP) is 7.60. The van der Waals surface area contributed by atoms with Crippen LogP contribution in [0.3, 0.4) is 0 Å². The minimum absolute atomic E-state index is 0.205. The van der Waals surface area contributed by atoms with Crippen molar-refractivity contribution in [2.24, 2.45) is 10.8 Å². The fourth-order valence-electron chi connectivity index (χ4n) is 2.70. The van der Waals surface area contributed by atoms with Gasteiger partial charge >= 0.3 is 0 Å². The van der Waals surface area contributed by atoms with Gasteiger partial charge in [0.25, 0.3) is 0 Å². The maximum Gasteiger partial charge on any atom is -0.0192 e. The van der Waals surface area contributed by atoms with Crippen molar-refractivity contribution in [2.75, 3.05) is 0 Å². The summed E-state index contributed by atoms with van der Waals surface area (Å²) in [6, 6.07) is 0. The number of hydrogen-bond donors (Lipinski definition) is 0. The maximum absolute atomic E-state index is 2.31. The van der Waals surface area contributed by atoms with Crippen molar-refractivity contribution >= 4 is 12.2 Å². The summed E-state index contributed by atoms with van der Waals surface area (Å²) in [5.41, 5.74) is 8.70. The second-order valence-corrected chi connectivity index (χ2v) is 9.11.